The molecule has 140 valence electrons. The van der Waals surface area contributed by atoms with E-state index < -0.39 is 35.9 Å². The third-order valence-electron chi connectivity index (χ3n) is 4.29. The van der Waals surface area contributed by atoms with Crippen LogP contribution in [0, 0.1) is 0 Å². The van der Waals surface area contributed by atoms with Crippen LogP contribution in [0.5, 0.6) is 0 Å². The first-order chi connectivity index (χ1) is 12.8. The van der Waals surface area contributed by atoms with Crippen LogP contribution >= 0.6 is 0 Å². The molecule has 2 atom stereocenters. The number of hydrogen-bond donors (Lipinski definition) is 0. The maximum atomic E-state index is 12.6. The maximum absolute atomic E-state index is 12.6. The zero-order valence-electron chi connectivity index (χ0n) is 14.3. The molecular weight excluding hydrogens is 359 g/mol. The van der Waals surface area contributed by atoms with Crippen LogP contribution in [0.25, 0.3) is 6.08 Å². The molecular formula is C20H16F3NO3. The van der Waals surface area contributed by atoms with Crippen molar-refractivity contribution in [2.75, 3.05) is 0 Å². The van der Waals surface area contributed by atoms with Crippen LogP contribution in [0.3, 0.4) is 0 Å². The molecule has 1 aliphatic rings. The summed E-state index contributed by atoms with van der Waals surface area (Å²) in [5.41, 5.74) is 0.421. The number of cyclic esters (lactones) is 1. The van der Waals surface area contributed by atoms with E-state index in [0.717, 1.165) is 28.7 Å². The zero-order chi connectivity index (χ0) is 19.6. The number of hydrogen-bond acceptors (Lipinski definition) is 3. The Labute approximate surface area is 153 Å². The van der Waals surface area contributed by atoms with E-state index in [-0.39, 0.29) is 0 Å². The summed E-state index contributed by atoms with van der Waals surface area (Å²) < 4.78 is 43.0. The molecule has 0 spiro atoms. The van der Waals surface area contributed by atoms with Gasteiger partial charge < -0.3 is 4.74 Å². The molecule has 0 bridgehead atoms. The summed E-state index contributed by atoms with van der Waals surface area (Å²) in [6, 6.07) is 12.9. The van der Waals surface area contributed by atoms with E-state index in [9.17, 15) is 22.8 Å². The molecule has 27 heavy (non-hydrogen) atoms. The summed E-state index contributed by atoms with van der Waals surface area (Å²) in [5, 5.41) is 0. The molecule has 0 aliphatic carbocycles. The van der Waals surface area contributed by atoms with Crippen molar-refractivity contribution < 1.29 is 27.5 Å². The van der Waals surface area contributed by atoms with Crippen molar-refractivity contribution in [1.29, 1.82) is 0 Å². The number of alkyl halides is 3. The first-order valence-electron chi connectivity index (χ1n) is 8.21. The molecule has 0 unspecified atom stereocenters. The number of ether oxygens (including phenoxy) is 1. The van der Waals surface area contributed by atoms with Gasteiger partial charge in [-0.15, -0.1) is 0 Å². The largest absolute Gasteiger partial charge is 0.439 e. The molecule has 4 nitrogen and oxygen atoms in total. The Bertz CT molecular complexity index is 860. The topological polar surface area (TPSA) is 46.6 Å². The van der Waals surface area contributed by atoms with E-state index in [1.807, 2.05) is 18.2 Å². The first-order valence-corrected chi connectivity index (χ1v) is 8.21. The van der Waals surface area contributed by atoms with E-state index in [2.05, 4.69) is 0 Å². The highest BCUT2D eigenvalue weighted by Crippen LogP contribution is 2.32. The lowest BCUT2D eigenvalue weighted by atomic mass is 10.0. The van der Waals surface area contributed by atoms with Crippen molar-refractivity contribution in [2.24, 2.45) is 0 Å². The molecule has 0 N–H and O–H groups in total. The molecule has 2 aromatic carbocycles. The lowest BCUT2D eigenvalue weighted by Crippen LogP contribution is -2.36. The number of imide groups is 1. The van der Waals surface area contributed by atoms with Gasteiger partial charge in [-0.25, -0.2) is 9.69 Å². The van der Waals surface area contributed by atoms with Gasteiger partial charge >= 0.3 is 12.3 Å². The van der Waals surface area contributed by atoms with Gasteiger partial charge in [-0.1, -0.05) is 42.5 Å². The quantitative estimate of drug-likeness (QED) is 0.722. The molecule has 1 aliphatic heterocycles. The Kier molecular flexibility index (Phi) is 5.03. The van der Waals surface area contributed by atoms with Crippen LogP contribution < -0.4 is 0 Å². The van der Waals surface area contributed by atoms with Crippen LogP contribution in [0.4, 0.5) is 18.0 Å². The lowest BCUT2D eigenvalue weighted by molar-refractivity contribution is -0.137. The molecule has 2 aromatic rings. The van der Waals surface area contributed by atoms with Gasteiger partial charge in [-0.05, 0) is 36.3 Å². The monoisotopic (exact) mass is 375 g/mol. The van der Waals surface area contributed by atoms with Crippen LogP contribution in [0.2, 0.25) is 0 Å². The standard InChI is InChI=1S/C20H16F3NO3/c1-13-18(15-5-3-2-4-6-15)27-19(26)24(13)17(25)12-9-14-7-10-16(11-8-14)20(21,22)23/h2-13,18H,1H3/b12-9+/t13-,18+/m0/s1. The molecule has 2 amide bonds. The van der Waals surface area contributed by atoms with Gasteiger partial charge in [0.15, 0.2) is 0 Å². The van der Waals surface area contributed by atoms with Crippen molar-refractivity contribution in [2.45, 2.75) is 25.2 Å². The van der Waals surface area contributed by atoms with Gasteiger partial charge in [-0.2, -0.15) is 13.2 Å². The van der Waals surface area contributed by atoms with Crippen molar-refractivity contribution in [3.05, 3.63) is 77.4 Å². The highest BCUT2D eigenvalue weighted by Gasteiger charge is 2.42. The molecule has 1 heterocycles. The molecule has 1 saturated heterocycles. The van der Waals surface area contributed by atoms with Gasteiger partial charge in [0.05, 0.1) is 11.6 Å². The SMILES string of the molecule is C[C@H]1[C@H](c2ccccc2)OC(=O)N1C(=O)/C=C/c1ccc(C(F)(F)F)cc1. The summed E-state index contributed by atoms with van der Waals surface area (Å²) in [4.78, 5) is 25.5. The molecule has 0 aromatic heterocycles. The molecule has 0 radical (unpaired) electrons. The number of rotatable bonds is 3. The summed E-state index contributed by atoms with van der Waals surface area (Å²) >= 11 is 0. The Morgan fingerprint density at radius 1 is 1.07 bits per heavy atom. The average Bonchev–Trinajstić information content (AvgIpc) is 2.94. The summed E-state index contributed by atoms with van der Waals surface area (Å²) in [6.45, 7) is 1.70. The third-order valence-corrected chi connectivity index (χ3v) is 4.29. The van der Waals surface area contributed by atoms with Crippen molar-refractivity contribution in [1.82, 2.24) is 4.90 Å². The second-order valence-electron chi connectivity index (χ2n) is 6.12. The Morgan fingerprint density at radius 3 is 2.30 bits per heavy atom. The zero-order valence-corrected chi connectivity index (χ0v) is 14.3. The maximum Gasteiger partial charge on any atom is 0.417 e. The van der Waals surface area contributed by atoms with Gasteiger partial charge in [0.25, 0.3) is 5.91 Å². The minimum Gasteiger partial charge on any atom is -0.439 e. The van der Waals surface area contributed by atoms with Gasteiger partial charge in [0.1, 0.15) is 6.10 Å². The van der Waals surface area contributed by atoms with Crippen molar-refractivity contribution in [3.8, 4) is 0 Å². The predicted molar refractivity (Wildman–Crippen MR) is 92.5 cm³/mol. The van der Waals surface area contributed by atoms with Crippen molar-refractivity contribution in [3.63, 3.8) is 0 Å². The van der Waals surface area contributed by atoms with Crippen LogP contribution in [-0.4, -0.2) is 22.9 Å². The Hall–Kier alpha value is -3.09. The smallest absolute Gasteiger partial charge is 0.417 e. The summed E-state index contributed by atoms with van der Waals surface area (Å²) in [5.74, 6) is -0.592. The lowest BCUT2D eigenvalue weighted by Gasteiger charge is -2.18. The fraction of sp³-hybridized carbons (Fsp3) is 0.200. The fourth-order valence-electron chi connectivity index (χ4n) is 2.88. The number of carbonyl (C=O) groups excluding carboxylic acids is 2. The Balaban J connectivity index is 1.72. The second kappa shape index (κ2) is 7.26. The molecule has 0 saturated carbocycles. The fourth-order valence-corrected chi connectivity index (χ4v) is 2.88. The van der Waals surface area contributed by atoms with Gasteiger partial charge in [-0.3, -0.25) is 4.79 Å². The van der Waals surface area contributed by atoms with E-state index in [1.54, 1.807) is 19.1 Å². The second-order valence-corrected chi connectivity index (χ2v) is 6.12. The van der Waals surface area contributed by atoms with E-state index >= 15 is 0 Å². The Morgan fingerprint density at radius 2 is 1.70 bits per heavy atom. The minimum absolute atomic E-state index is 0.413. The van der Waals surface area contributed by atoms with E-state index in [4.69, 9.17) is 4.74 Å². The first kappa shape index (κ1) is 18.7. The van der Waals surface area contributed by atoms with Gasteiger partial charge in [0.2, 0.25) is 0 Å². The molecule has 7 heteroatoms. The van der Waals surface area contributed by atoms with E-state index in [0.29, 0.717) is 5.56 Å². The van der Waals surface area contributed by atoms with Crippen LogP contribution in [0.1, 0.15) is 29.7 Å². The normalized spacial score (nSPS) is 20.1. The van der Waals surface area contributed by atoms with Gasteiger partial charge in [0, 0.05) is 6.08 Å². The summed E-state index contributed by atoms with van der Waals surface area (Å²) in [7, 11) is 0. The van der Waals surface area contributed by atoms with Crippen LogP contribution in [0.15, 0.2) is 60.7 Å². The average molecular weight is 375 g/mol. The van der Waals surface area contributed by atoms with Crippen LogP contribution in [-0.2, 0) is 15.7 Å². The highest BCUT2D eigenvalue weighted by molar-refractivity contribution is 6.02. The number of halogens is 3. The van der Waals surface area contributed by atoms with E-state index in [1.165, 1.54) is 18.2 Å². The molecule has 1 fully saturated rings. The molecule has 3 rings (SSSR count). The predicted octanol–water partition coefficient (Wildman–Crippen LogP) is 4.83. The number of carbonyl (C=O) groups is 2. The number of benzene rings is 2. The minimum atomic E-state index is -4.42. The van der Waals surface area contributed by atoms with Crippen molar-refractivity contribution >= 4 is 18.1 Å². The third kappa shape index (κ3) is 4.02. The highest BCUT2D eigenvalue weighted by atomic mass is 19.4. The number of nitrogens with zero attached hydrogens (tertiary/aromatic N) is 1. The number of amides is 2. The summed E-state index contributed by atoms with van der Waals surface area (Å²) in [6.07, 6.45) is -3.23.